The molecule has 11 nitrogen and oxygen atoms in total. The number of ketones is 2. The van der Waals surface area contributed by atoms with Gasteiger partial charge in [0.25, 0.3) is 0 Å². The molecule has 2 spiro atoms. The topological polar surface area (TPSA) is 162 Å². The molecule has 2 aromatic carbocycles. The third-order valence-electron chi connectivity index (χ3n) is 10.9. The summed E-state index contributed by atoms with van der Waals surface area (Å²) in [6.07, 6.45) is 6.39. The molecule has 2 aliphatic carbocycles. The lowest BCUT2D eigenvalue weighted by Crippen LogP contribution is -2.49. The van der Waals surface area contributed by atoms with Gasteiger partial charge in [-0.15, -0.1) is 0 Å². The monoisotopic (exact) mass is 857 g/mol. The smallest absolute Gasteiger partial charge is 0.317 e. The van der Waals surface area contributed by atoms with Crippen molar-refractivity contribution in [2.45, 2.75) is 78.3 Å². The predicted molar refractivity (Wildman–Crippen MR) is 213 cm³/mol. The number of fused-ring (bicyclic) bond motifs is 2. The van der Waals surface area contributed by atoms with Crippen LogP contribution in [0.15, 0.2) is 48.5 Å². The highest BCUT2D eigenvalue weighted by Gasteiger charge is 2.42. The van der Waals surface area contributed by atoms with Crippen molar-refractivity contribution in [3.8, 4) is 0 Å². The number of likely N-dealkylation sites (tertiary alicyclic amines) is 1. The van der Waals surface area contributed by atoms with Crippen molar-refractivity contribution in [3.05, 3.63) is 105 Å². The van der Waals surface area contributed by atoms with E-state index in [0.29, 0.717) is 55.1 Å². The summed E-state index contributed by atoms with van der Waals surface area (Å²) in [6, 6.07) is 12.9. The van der Waals surface area contributed by atoms with E-state index in [4.69, 9.17) is 7.10 Å². The maximum Gasteiger partial charge on any atom is 0.317 e. The molecular weight excluding hydrogens is 805 g/mol. The number of nitrogens with two attached hydrogens (primary N) is 1. The molecule has 0 bridgehead atoms. The van der Waals surface area contributed by atoms with E-state index in [1.54, 1.807) is 17.0 Å². The number of carbonyl (C=O) groups excluding carboxylic acids is 3. The summed E-state index contributed by atoms with van der Waals surface area (Å²) in [6.45, 7) is 8.00. The van der Waals surface area contributed by atoms with Gasteiger partial charge in [-0.2, -0.15) is 10.2 Å². The number of Topliss-reactive ketones (excluding diaryl/α,β-unsaturated/α-hetero) is 2. The number of halogens is 3. The summed E-state index contributed by atoms with van der Waals surface area (Å²) in [5, 5.41) is 19.9. The van der Waals surface area contributed by atoms with Gasteiger partial charge >= 0.3 is 6.03 Å². The molecule has 0 radical (unpaired) electrons. The highest BCUT2D eigenvalue weighted by atomic mass is 127. The minimum atomic E-state index is -0.364. The Morgan fingerprint density at radius 2 is 1.31 bits per heavy atom. The summed E-state index contributed by atoms with van der Waals surface area (Å²) in [7, 11) is 0. The number of carbonyl (C=O) groups is 3. The van der Waals surface area contributed by atoms with Crippen LogP contribution in [0.5, 0.6) is 0 Å². The van der Waals surface area contributed by atoms with E-state index >= 15 is 0 Å². The molecule has 54 heavy (non-hydrogen) atoms. The number of benzene rings is 2. The van der Waals surface area contributed by atoms with Crippen molar-refractivity contribution >= 4 is 40.2 Å². The van der Waals surface area contributed by atoms with E-state index in [1.165, 1.54) is 24.3 Å². The Bertz CT molecular complexity index is 1940. The molecule has 2 aromatic heterocycles. The Balaban J connectivity index is 0.000000175. The van der Waals surface area contributed by atoms with Gasteiger partial charge in [0.1, 0.15) is 11.6 Å². The van der Waals surface area contributed by atoms with Crippen LogP contribution in [0.4, 0.5) is 13.6 Å². The summed E-state index contributed by atoms with van der Waals surface area (Å²) in [5.74, 6) is -0.537. The van der Waals surface area contributed by atoms with Crippen LogP contribution in [0.1, 0.15) is 94.5 Å². The molecule has 8 rings (SSSR count). The molecule has 2 aliphatic heterocycles. The van der Waals surface area contributed by atoms with E-state index in [1.807, 2.05) is 48.6 Å². The number of aryl methyl sites for hydroxylation is 2. The first kappa shape index (κ1) is 39.7. The summed E-state index contributed by atoms with van der Waals surface area (Å²) < 4.78 is 32.8. The van der Waals surface area contributed by atoms with Crippen LogP contribution in [0.3, 0.4) is 0 Å². The largest absolute Gasteiger partial charge is 0.332 e. The number of nitrogens with one attached hydrogen (secondary N) is 4. The van der Waals surface area contributed by atoms with Gasteiger partial charge in [0.05, 0.1) is 17.9 Å². The summed E-state index contributed by atoms with van der Waals surface area (Å²) >= 11 is 1.96. The Hall–Kier alpha value is -4.02. The lowest BCUT2D eigenvalue weighted by atomic mass is 9.66. The zero-order valence-corrected chi connectivity index (χ0v) is 33.2. The molecule has 4 aromatic rings. The van der Waals surface area contributed by atoms with Crippen molar-refractivity contribution in [1.82, 2.24) is 35.9 Å². The van der Waals surface area contributed by atoms with Gasteiger partial charge in [-0.25, -0.2) is 13.6 Å². The number of piperidine rings is 2. The second-order valence-electron chi connectivity index (χ2n) is 14.8. The number of amides is 2. The number of H-pyrrole nitrogens is 2. The predicted octanol–water partition coefficient (Wildman–Crippen LogP) is 6.53. The van der Waals surface area contributed by atoms with Crippen LogP contribution in [0.2, 0.25) is 0 Å². The number of rotatable bonds is 3. The van der Waals surface area contributed by atoms with Gasteiger partial charge in [-0.05, 0) is 129 Å². The van der Waals surface area contributed by atoms with Crippen LogP contribution in [-0.2, 0) is 25.9 Å². The Labute approximate surface area is 330 Å². The van der Waals surface area contributed by atoms with Crippen molar-refractivity contribution in [2.75, 3.05) is 31.1 Å². The Kier molecular flexibility index (Phi) is 13.6. The molecular formula is C40H51F2IN8O3. The lowest BCUT2D eigenvalue weighted by Gasteiger charge is -2.44. The van der Waals surface area contributed by atoms with Crippen LogP contribution in [0, 0.1) is 36.3 Å². The van der Waals surface area contributed by atoms with Gasteiger partial charge in [0, 0.05) is 56.4 Å². The van der Waals surface area contributed by atoms with E-state index in [-0.39, 0.29) is 40.1 Å². The number of hydrogen-bond donors (Lipinski definition) is 5. The minimum Gasteiger partial charge on any atom is -0.332 e. The first-order chi connectivity index (χ1) is 26.4. The number of urea groups is 1. The molecule has 290 valence electrons. The van der Waals surface area contributed by atoms with E-state index in [2.05, 4.69) is 31.0 Å². The van der Waals surface area contributed by atoms with Crippen molar-refractivity contribution < 1.29 is 24.5 Å². The van der Waals surface area contributed by atoms with Crippen LogP contribution < -0.4 is 16.4 Å². The van der Waals surface area contributed by atoms with Gasteiger partial charge < -0.3 is 21.3 Å². The molecule has 2 fully saturated rings. The number of aromatic nitrogens is 4. The average Bonchev–Trinajstić information content (AvgIpc) is 3.80. The third kappa shape index (κ3) is 10.4. The molecule has 0 saturated carbocycles. The molecule has 2 saturated heterocycles. The highest BCUT2D eigenvalue weighted by Crippen LogP contribution is 2.44. The highest BCUT2D eigenvalue weighted by molar-refractivity contribution is 14.1. The first-order valence-corrected chi connectivity index (χ1v) is 19.8. The van der Waals surface area contributed by atoms with Gasteiger partial charge in [0.15, 0.2) is 11.6 Å². The standard InChI is InChI=1S/C20H23FN4O2.C14H16FNO.C5H9N3.CH3I/c1-13-8-16(24-23-13)12-22-19(27)25-6-4-20(5-7-25)10-14-2-3-15(21)9-17(14)18(26)11-20;15-11-2-1-10-8-14(3-5-16-6-4-14)9-13(17)12(10)7-11;1-4-2-5(3-6)8-7-4;1-2/h2-3,8-9H,4-7,10-12H2,1H3,(H,22,27)(H,23,24);1-2,7,16H,3-6,8-9H2;2H,3,6H2,1H3,(H,7,8);1H3/i;;;1D. The number of aromatic amines is 2. The molecule has 2 amide bonds. The van der Waals surface area contributed by atoms with Crippen LogP contribution >= 0.6 is 22.6 Å². The van der Waals surface area contributed by atoms with Gasteiger partial charge in [-0.3, -0.25) is 19.8 Å². The zero-order chi connectivity index (χ0) is 39.6. The van der Waals surface area contributed by atoms with Gasteiger partial charge in [-0.1, -0.05) is 34.7 Å². The second-order valence-corrected chi connectivity index (χ2v) is 14.8. The third-order valence-corrected chi connectivity index (χ3v) is 10.9. The fourth-order valence-electron chi connectivity index (χ4n) is 8.00. The van der Waals surface area contributed by atoms with E-state index < -0.39 is 0 Å². The van der Waals surface area contributed by atoms with Gasteiger partial charge in [0.2, 0.25) is 0 Å². The van der Waals surface area contributed by atoms with E-state index in [9.17, 15) is 23.2 Å². The van der Waals surface area contributed by atoms with Crippen molar-refractivity contribution in [3.63, 3.8) is 0 Å². The minimum absolute atomic E-state index is 0.0163. The maximum atomic E-state index is 13.4. The normalized spacial score (nSPS) is 18.1. The molecule has 0 unspecified atom stereocenters. The van der Waals surface area contributed by atoms with Crippen molar-refractivity contribution in [2.24, 2.45) is 16.6 Å². The molecule has 14 heteroatoms. The average molecular weight is 858 g/mol. The first-order valence-electron chi connectivity index (χ1n) is 19.0. The molecule has 6 N–H and O–H groups in total. The maximum absolute atomic E-state index is 13.4. The SMILES string of the molecule is Cc1cc(CN)n[nH]1.Cc1cc(CNC(=O)N2CCC3(CC2)CC(=O)c2cc(F)ccc2C3)n[nH]1.O=C1CC2(CCNCC2)Cc2ccc(F)cc21.[2H]CI. The Morgan fingerprint density at radius 3 is 1.76 bits per heavy atom. The molecule has 4 heterocycles. The quantitative estimate of drug-likeness (QED) is 0.116. The summed E-state index contributed by atoms with van der Waals surface area (Å²) in [5.41, 5.74) is 12.1. The lowest BCUT2D eigenvalue weighted by molar-refractivity contribution is 0.0734. The van der Waals surface area contributed by atoms with E-state index in [0.717, 1.165) is 85.5 Å². The van der Waals surface area contributed by atoms with Crippen LogP contribution in [0.25, 0.3) is 0 Å². The molecule has 4 aliphatic rings. The fourth-order valence-corrected chi connectivity index (χ4v) is 8.00. The number of nitrogens with zero attached hydrogens (tertiary/aromatic N) is 3. The Morgan fingerprint density at radius 1 is 0.833 bits per heavy atom. The van der Waals surface area contributed by atoms with Crippen LogP contribution in [-0.4, -0.2) is 74.0 Å². The molecule has 0 atom stereocenters. The second kappa shape index (κ2) is 18.5. The number of alkyl halides is 1. The number of hydrogen-bond acceptors (Lipinski definition) is 7. The zero-order valence-electron chi connectivity index (χ0n) is 32.0. The summed E-state index contributed by atoms with van der Waals surface area (Å²) in [4.78, 5) is 39.3. The fraction of sp³-hybridized carbons (Fsp3) is 0.475. The van der Waals surface area contributed by atoms with Crippen molar-refractivity contribution in [1.29, 1.82) is 0 Å².